The number of rotatable bonds is 7. The van der Waals surface area contributed by atoms with Crippen LogP contribution in [0, 0.1) is 5.82 Å². The van der Waals surface area contributed by atoms with Crippen molar-refractivity contribution in [2.45, 2.75) is 31.9 Å². The predicted molar refractivity (Wildman–Crippen MR) is 76.0 cm³/mol. The lowest BCUT2D eigenvalue weighted by Crippen LogP contribution is -2.26. The molecule has 0 aromatic heterocycles. The maximum atomic E-state index is 13.5. The lowest BCUT2D eigenvalue weighted by molar-refractivity contribution is -0.137. The maximum absolute atomic E-state index is 13.5. The van der Waals surface area contributed by atoms with Gasteiger partial charge in [-0.1, -0.05) is 28.8 Å². The van der Waals surface area contributed by atoms with Crippen LogP contribution in [0.2, 0.25) is 0 Å². The Hall–Kier alpha value is -1.11. The third-order valence-electron chi connectivity index (χ3n) is 2.88. The highest BCUT2D eigenvalue weighted by molar-refractivity contribution is 9.09. The molecule has 1 amide bonds. The summed E-state index contributed by atoms with van der Waals surface area (Å²) >= 11 is 3.30. The second kappa shape index (κ2) is 8.36. The molecule has 118 valence electrons. The van der Waals surface area contributed by atoms with Crippen molar-refractivity contribution < 1.29 is 22.4 Å². The number of hydrogen-bond acceptors (Lipinski definition) is 1. The molecule has 1 aromatic rings. The highest BCUT2D eigenvalue weighted by Crippen LogP contribution is 2.30. The lowest BCUT2D eigenvalue weighted by Gasteiger charge is -2.10. The summed E-state index contributed by atoms with van der Waals surface area (Å²) in [4.78, 5) is 11.7. The van der Waals surface area contributed by atoms with Gasteiger partial charge in [-0.05, 0) is 31.0 Å². The van der Waals surface area contributed by atoms with Gasteiger partial charge in [-0.2, -0.15) is 13.2 Å². The quantitative estimate of drug-likeness (QED) is 0.427. The zero-order chi connectivity index (χ0) is 15.9. The average Bonchev–Trinajstić information content (AvgIpc) is 2.41. The zero-order valence-electron chi connectivity index (χ0n) is 11.3. The molecule has 0 saturated carbocycles. The minimum absolute atomic E-state index is 0.316. The summed E-state index contributed by atoms with van der Waals surface area (Å²) in [6.07, 6.45) is -0.968. The SMILES string of the molecule is O=C(NCCCCCCBr)c1cc(C(F)(F)F)ccc1F. The van der Waals surface area contributed by atoms with E-state index in [9.17, 15) is 22.4 Å². The summed E-state index contributed by atoms with van der Waals surface area (Å²) in [5.41, 5.74) is -1.61. The van der Waals surface area contributed by atoms with Crippen LogP contribution in [0.3, 0.4) is 0 Å². The Balaban J connectivity index is 2.57. The second-order valence-electron chi connectivity index (χ2n) is 4.55. The van der Waals surface area contributed by atoms with Gasteiger partial charge in [-0.25, -0.2) is 4.39 Å². The third-order valence-corrected chi connectivity index (χ3v) is 3.45. The third kappa shape index (κ3) is 6.03. The predicted octanol–water partition coefficient (Wildman–Crippen LogP) is 4.53. The summed E-state index contributed by atoms with van der Waals surface area (Å²) in [6.45, 7) is 0.316. The zero-order valence-corrected chi connectivity index (χ0v) is 12.9. The van der Waals surface area contributed by atoms with Gasteiger partial charge in [-0.3, -0.25) is 4.79 Å². The molecule has 0 aliphatic rings. The van der Waals surface area contributed by atoms with Gasteiger partial charge in [-0.15, -0.1) is 0 Å². The van der Waals surface area contributed by atoms with Gasteiger partial charge in [0, 0.05) is 11.9 Å². The van der Waals surface area contributed by atoms with Gasteiger partial charge in [0.15, 0.2) is 0 Å². The average molecular weight is 370 g/mol. The number of alkyl halides is 4. The molecule has 0 saturated heterocycles. The minimum atomic E-state index is -4.60. The van der Waals surface area contributed by atoms with Crippen LogP contribution >= 0.6 is 15.9 Å². The van der Waals surface area contributed by atoms with Gasteiger partial charge in [0.2, 0.25) is 0 Å². The first-order chi connectivity index (χ1) is 9.86. The fraction of sp³-hybridized carbons (Fsp3) is 0.500. The number of carbonyl (C=O) groups is 1. The van der Waals surface area contributed by atoms with E-state index in [1.807, 2.05) is 0 Å². The summed E-state index contributed by atoms with van der Waals surface area (Å²) in [5, 5.41) is 3.35. The van der Waals surface area contributed by atoms with Crippen molar-refractivity contribution in [3.63, 3.8) is 0 Å². The van der Waals surface area contributed by atoms with Crippen molar-refractivity contribution in [1.29, 1.82) is 0 Å². The Kier molecular flexibility index (Phi) is 7.14. The molecule has 1 aromatic carbocycles. The fourth-order valence-electron chi connectivity index (χ4n) is 1.75. The number of amides is 1. The van der Waals surface area contributed by atoms with E-state index in [0.29, 0.717) is 31.2 Å². The summed E-state index contributed by atoms with van der Waals surface area (Å²) < 4.78 is 51.0. The van der Waals surface area contributed by atoms with Crippen LogP contribution in [0.1, 0.15) is 41.6 Å². The summed E-state index contributed by atoms with van der Waals surface area (Å²) in [5.74, 6) is -1.78. The van der Waals surface area contributed by atoms with Crippen molar-refractivity contribution >= 4 is 21.8 Å². The molecule has 0 aliphatic carbocycles. The first-order valence-electron chi connectivity index (χ1n) is 6.57. The Morgan fingerprint density at radius 1 is 1.14 bits per heavy atom. The standard InChI is InChI=1S/C14H16BrF4NO/c15-7-3-1-2-4-8-20-13(21)11-9-10(14(17,18)19)5-6-12(11)16/h5-6,9H,1-4,7-8H2,(H,20,21). The van der Waals surface area contributed by atoms with Crippen molar-refractivity contribution in [3.05, 3.63) is 35.1 Å². The van der Waals surface area contributed by atoms with Gasteiger partial charge in [0.1, 0.15) is 5.82 Å². The van der Waals surface area contributed by atoms with Crippen LogP contribution in [0.4, 0.5) is 17.6 Å². The Bertz CT molecular complexity index is 477. The van der Waals surface area contributed by atoms with Crippen LogP contribution in [-0.4, -0.2) is 17.8 Å². The number of halogens is 5. The van der Waals surface area contributed by atoms with E-state index in [0.717, 1.165) is 24.6 Å². The Morgan fingerprint density at radius 2 is 1.81 bits per heavy atom. The van der Waals surface area contributed by atoms with Crippen LogP contribution in [-0.2, 0) is 6.18 Å². The molecule has 0 aliphatic heterocycles. The molecule has 1 N–H and O–H groups in total. The molecule has 0 fully saturated rings. The number of hydrogen-bond donors (Lipinski definition) is 1. The monoisotopic (exact) mass is 369 g/mol. The van der Waals surface area contributed by atoms with E-state index < -0.39 is 29.0 Å². The molecular weight excluding hydrogens is 354 g/mol. The van der Waals surface area contributed by atoms with Gasteiger partial charge in [0.25, 0.3) is 5.91 Å². The Labute approximate surface area is 129 Å². The molecular formula is C14H16BrF4NO. The highest BCUT2D eigenvalue weighted by Gasteiger charge is 2.31. The molecule has 0 bridgehead atoms. The van der Waals surface area contributed by atoms with E-state index in [-0.39, 0.29) is 0 Å². The number of benzene rings is 1. The molecule has 0 radical (unpaired) electrons. The smallest absolute Gasteiger partial charge is 0.352 e. The second-order valence-corrected chi connectivity index (χ2v) is 5.34. The topological polar surface area (TPSA) is 29.1 Å². The molecule has 21 heavy (non-hydrogen) atoms. The van der Waals surface area contributed by atoms with E-state index in [1.54, 1.807) is 0 Å². The highest BCUT2D eigenvalue weighted by atomic mass is 79.9. The summed E-state index contributed by atoms with van der Waals surface area (Å²) in [6, 6.07) is 1.82. The lowest BCUT2D eigenvalue weighted by atomic mass is 10.1. The van der Waals surface area contributed by atoms with Crippen molar-refractivity contribution in [3.8, 4) is 0 Å². The van der Waals surface area contributed by atoms with E-state index in [1.165, 1.54) is 0 Å². The van der Waals surface area contributed by atoms with E-state index in [2.05, 4.69) is 21.2 Å². The van der Waals surface area contributed by atoms with Gasteiger partial charge in [0.05, 0.1) is 11.1 Å². The number of carbonyl (C=O) groups excluding carboxylic acids is 1. The largest absolute Gasteiger partial charge is 0.416 e. The summed E-state index contributed by atoms with van der Waals surface area (Å²) in [7, 11) is 0. The molecule has 0 spiro atoms. The molecule has 7 heteroatoms. The number of nitrogens with one attached hydrogen (secondary N) is 1. The first kappa shape index (κ1) is 17.9. The van der Waals surface area contributed by atoms with Crippen LogP contribution in [0.15, 0.2) is 18.2 Å². The van der Waals surface area contributed by atoms with Crippen molar-refractivity contribution in [1.82, 2.24) is 5.32 Å². The van der Waals surface area contributed by atoms with E-state index >= 15 is 0 Å². The first-order valence-corrected chi connectivity index (χ1v) is 7.69. The van der Waals surface area contributed by atoms with Crippen LogP contribution in [0.5, 0.6) is 0 Å². The van der Waals surface area contributed by atoms with Gasteiger partial charge < -0.3 is 5.32 Å². The Morgan fingerprint density at radius 3 is 2.43 bits per heavy atom. The minimum Gasteiger partial charge on any atom is -0.352 e. The normalized spacial score (nSPS) is 11.5. The molecule has 0 atom stereocenters. The van der Waals surface area contributed by atoms with Crippen molar-refractivity contribution in [2.75, 3.05) is 11.9 Å². The molecule has 2 nitrogen and oxygen atoms in total. The van der Waals surface area contributed by atoms with E-state index in [4.69, 9.17) is 0 Å². The van der Waals surface area contributed by atoms with Crippen molar-refractivity contribution in [2.24, 2.45) is 0 Å². The maximum Gasteiger partial charge on any atom is 0.416 e. The van der Waals surface area contributed by atoms with Crippen LogP contribution < -0.4 is 5.32 Å². The molecule has 1 rings (SSSR count). The molecule has 0 unspecified atom stereocenters. The molecule has 0 heterocycles. The fourth-order valence-corrected chi connectivity index (χ4v) is 2.14. The van der Waals surface area contributed by atoms with Gasteiger partial charge >= 0.3 is 6.18 Å². The number of unbranched alkanes of at least 4 members (excludes halogenated alkanes) is 3. The van der Waals surface area contributed by atoms with Crippen LogP contribution in [0.25, 0.3) is 0 Å².